The molecule has 2 aromatic rings. The molecule has 0 aromatic carbocycles. The van der Waals surface area contributed by atoms with E-state index in [1.54, 1.807) is 17.5 Å². The molecule has 0 saturated heterocycles. The summed E-state index contributed by atoms with van der Waals surface area (Å²) in [6, 6.07) is 0. The monoisotopic (exact) mass is 326 g/mol. The topological polar surface area (TPSA) is 50.7 Å². The Morgan fingerprint density at radius 1 is 1.33 bits per heavy atom. The number of aryl methyl sites for hydroxylation is 1. The Bertz CT molecular complexity index is 486. The Morgan fingerprint density at radius 3 is 2.78 bits per heavy atom. The quantitative estimate of drug-likeness (QED) is 0.909. The molecule has 0 aliphatic carbocycles. The van der Waals surface area contributed by atoms with Gasteiger partial charge in [0.2, 0.25) is 0 Å². The maximum Gasteiger partial charge on any atom is 0.190 e. The first-order valence-electron chi connectivity index (χ1n) is 5.96. The van der Waals surface area contributed by atoms with Crippen LogP contribution in [0.2, 0.25) is 0 Å². The van der Waals surface area contributed by atoms with Crippen molar-refractivity contribution in [3.8, 4) is 10.8 Å². The first-order chi connectivity index (χ1) is 8.76. The lowest BCUT2D eigenvalue weighted by Crippen LogP contribution is -2.06. The normalized spacial score (nSPS) is 10.6. The van der Waals surface area contributed by atoms with E-state index in [1.165, 1.54) is 0 Å². The van der Waals surface area contributed by atoms with Crippen molar-refractivity contribution in [1.82, 2.24) is 15.0 Å². The van der Waals surface area contributed by atoms with Crippen LogP contribution >= 0.6 is 27.3 Å². The first kappa shape index (κ1) is 13.4. The summed E-state index contributed by atoms with van der Waals surface area (Å²) in [7, 11) is 0. The molecule has 0 radical (unpaired) electrons. The van der Waals surface area contributed by atoms with Crippen molar-refractivity contribution in [2.45, 2.75) is 26.7 Å². The summed E-state index contributed by atoms with van der Waals surface area (Å²) in [5.74, 6) is 1.55. The van der Waals surface area contributed by atoms with Gasteiger partial charge in [-0.15, -0.1) is 11.3 Å². The molecule has 0 unspecified atom stereocenters. The predicted octanol–water partition coefficient (Wildman–Crippen LogP) is 3.75. The largest absolute Gasteiger partial charge is 0.369 e. The maximum atomic E-state index is 4.60. The number of aromatic nitrogens is 3. The van der Waals surface area contributed by atoms with Gasteiger partial charge in [0.05, 0.1) is 10.2 Å². The number of nitrogens with zero attached hydrogens (tertiary/aromatic N) is 3. The lowest BCUT2D eigenvalue weighted by atomic mass is 10.2. The molecule has 0 spiro atoms. The second-order valence-corrected chi connectivity index (χ2v) is 5.46. The van der Waals surface area contributed by atoms with E-state index < -0.39 is 0 Å². The van der Waals surface area contributed by atoms with Gasteiger partial charge in [0, 0.05) is 18.1 Å². The summed E-state index contributed by atoms with van der Waals surface area (Å²) in [4.78, 5) is 13.4. The fourth-order valence-corrected chi connectivity index (χ4v) is 2.69. The van der Waals surface area contributed by atoms with Crippen molar-refractivity contribution in [2.75, 3.05) is 11.9 Å². The molecule has 0 atom stereocenters. The minimum absolute atomic E-state index is 0.701. The van der Waals surface area contributed by atoms with E-state index >= 15 is 0 Å². The van der Waals surface area contributed by atoms with Crippen LogP contribution in [-0.2, 0) is 6.42 Å². The highest BCUT2D eigenvalue weighted by molar-refractivity contribution is 9.10. The molecule has 18 heavy (non-hydrogen) atoms. The third kappa shape index (κ3) is 2.87. The number of rotatable bonds is 5. The number of hydrogen-bond acceptors (Lipinski definition) is 5. The predicted molar refractivity (Wildman–Crippen MR) is 79.0 cm³/mol. The Kier molecular flexibility index (Phi) is 4.66. The molecule has 0 amide bonds. The Balaban J connectivity index is 2.47. The number of nitrogens with one attached hydrogen (secondary N) is 1. The molecule has 2 aromatic heterocycles. The number of hydrogen-bond donors (Lipinski definition) is 1. The summed E-state index contributed by atoms with van der Waals surface area (Å²) in [5, 5.41) is 6.05. The van der Waals surface area contributed by atoms with Crippen LogP contribution in [0.15, 0.2) is 16.0 Å². The van der Waals surface area contributed by atoms with E-state index in [1.807, 2.05) is 5.38 Å². The minimum Gasteiger partial charge on any atom is -0.369 e. The minimum atomic E-state index is 0.701. The third-order valence-corrected chi connectivity index (χ3v) is 3.98. The molecular weight excluding hydrogens is 312 g/mol. The number of halogens is 1. The molecule has 6 heteroatoms. The van der Waals surface area contributed by atoms with Crippen LogP contribution < -0.4 is 5.32 Å². The van der Waals surface area contributed by atoms with Crippen LogP contribution in [0.3, 0.4) is 0 Å². The zero-order valence-corrected chi connectivity index (χ0v) is 12.8. The van der Waals surface area contributed by atoms with Gasteiger partial charge in [0.15, 0.2) is 10.8 Å². The summed E-state index contributed by atoms with van der Waals surface area (Å²) < 4.78 is 0.964. The fraction of sp³-hybridized carbons (Fsp3) is 0.417. The van der Waals surface area contributed by atoms with Gasteiger partial charge in [-0.25, -0.2) is 15.0 Å². The summed E-state index contributed by atoms with van der Waals surface area (Å²) in [6.07, 6.45) is 3.76. The number of thiazole rings is 1. The van der Waals surface area contributed by atoms with Gasteiger partial charge < -0.3 is 5.32 Å². The molecular formula is C12H15BrN4S. The molecule has 0 fully saturated rings. The van der Waals surface area contributed by atoms with Crippen LogP contribution in [0, 0.1) is 0 Å². The SMILES string of the molecule is CCCc1nc(-c2nccs2)nc(NCC)c1Br. The first-order valence-corrected chi connectivity index (χ1v) is 7.63. The molecule has 0 saturated carbocycles. The smallest absolute Gasteiger partial charge is 0.190 e. The molecule has 96 valence electrons. The van der Waals surface area contributed by atoms with Gasteiger partial charge in [0.1, 0.15) is 5.82 Å². The lowest BCUT2D eigenvalue weighted by Gasteiger charge is -2.10. The standard InChI is InChI=1S/C12H15BrN4S/c1-3-5-8-9(13)10(14-4-2)17-11(16-8)12-15-6-7-18-12/h6-7H,3-5H2,1-2H3,(H,14,16,17). The lowest BCUT2D eigenvalue weighted by molar-refractivity contribution is 0.867. The zero-order chi connectivity index (χ0) is 13.0. The fourth-order valence-electron chi connectivity index (χ4n) is 1.61. The molecule has 4 nitrogen and oxygen atoms in total. The highest BCUT2D eigenvalue weighted by atomic mass is 79.9. The van der Waals surface area contributed by atoms with Crippen LogP contribution in [0.4, 0.5) is 5.82 Å². The van der Waals surface area contributed by atoms with E-state index in [9.17, 15) is 0 Å². The van der Waals surface area contributed by atoms with Gasteiger partial charge in [-0.3, -0.25) is 0 Å². The zero-order valence-electron chi connectivity index (χ0n) is 10.4. The van der Waals surface area contributed by atoms with Crippen LogP contribution in [0.5, 0.6) is 0 Å². The molecule has 2 heterocycles. The van der Waals surface area contributed by atoms with Gasteiger partial charge in [-0.2, -0.15) is 0 Å². The van der Waals surface area contributed by atoms with Gasteiger partial charge in [0.25, 0.3) is 0 Å². The highest BCUT2D eigenvalue weighted by Gasteiger charge is 2.13. The average molecular weight is 327 g/mol. The van der Waals surface area contributed by atoms with Gasteiger partial charge in [-0.1, -0.05) is 13.3 Å². The Hall–Kier alpha value is -1.01. The second-order valence-electron chi connectivity index (χ2n) is 3.77. The highest BCUT2D eigenvalue weighted by Crippen LogP contribution is 2.28. The summed E-state index contributed by atoms with van der Waals surface area (Å²) in [6.45, 7) is 5.03. The van der Waals surface area contributed by atoms with Crippen molar-refractivity contribution in [3.63, 3.8) is 0 Å². The van der Waals surface area contributed by atoms with Crippen molar-refractivity contribution < 1.29 is 0 Å². The van der Waals surface area contributed by atoms with E-state index in [-0.39, 0.29) is 0 Å². The molecule has 0 aliphatic heterocycles. The van der Waals surface area contributed by atoms with Crippen molar-refractivity contribution >= 4 is 33.1 Å². The molecule has 0 bridgehead atoms. The van der Waals surface area contributed by atoms with E-state index in [0.29, 0.717) is 5.82 Å². The van der Waals surface area contributed by atoms with Crippen molar-refractivity contribution in [3.05, 3.63) is 21.7 Å². The maximum absolute atomic E-state index is 4.60. The van der Waals surface area contributed by atoms with Crippen LogP contribution in [-0.4, -0.2) is 21.5 Å². The van der Waals surface area contributed by atoms with Gasteiger partial charge in [-0.05, 0) is 29.3 Å². The van der Waals surface area contributed by atoms with Crippen molar-refractivity contribution in [1.29, 1.82) is 0 Å². The second kappa shape index (κ2) is 6.24. The average Bonchev–Trinajstić information content (AvgIpc) is 2.88. The van der Waals surface area contributed by atoms with Crippen LogP contribution in [0.25, 0.3) is 10.8 Å². The summed E-state index contributed by atoms with van der Waals surface area (Å²) in [5.41, 5.74) is 1.04. The van der Waals surface area contributed by atoms with Crippen molar-refractivity contribution in [2.24, 2.45) is 0 Å². The van der Waals surface area contributed by atoms with Gasteiger partial charge >= 0.3 is 0 Å². The molecule has 2 rings (SSSR count). The van der Waals surface area contributed by atoms with E-state index in [4.69, 9.17) is 0 Å². The van der Waals surface area contributed by atoms with Crippen LogP contribution in [0.1, 0.15) is 26.0 Å². The van der Waals surface area contributed by atoms with E-state index in [2.05, 4.69) is 50.0 Å². The number of anilines is 1. The molecule has 0 aliphatic rings. The third-order valence-electron chi connectivity index (χ3n) is 2.37. The van der Waals surface area contributed by atoms with E-state index in [0.717, 1.165) is 40.4 Å². The Labute approximate surface area is 119 Å². The molecule has 1 N–H and O–H groups in total. The summed E-state index contributed by atoms with van der Waals surface area (Å²) >= 11 is 5.13. The Morgan fingerprint density at radius 2 is 2.17 bits per heavy atom.